The molecule has 1 aliphatic rings. The van der Waals surface area contributed by atoms with Crippen molar-refractivity contribution in [2.75, 3.05) is 24.7 Å². The van der Waals surface area contributed by atoms with Gasteiger partial charge in [-0.1, -0.05) is 0 Å². The topological polar surface area (TPSA) is 105 Å². The zero-order valence-electron chi connectivity index (χ0n) is 18.6. The van der Waals surface area contributed by atoms with Crippen molar-refractivity contribution in [3.8, 4) is 5.88 Å². The second-order valence-corrected chi connectivity index (χ2v) is 6.76. The molecule has 3 aromatic rings. The molecule has 3 heterocycles. The summed E-state index contributed by atoms with van der Waals surface area (Å²) in [5, 5.41) is 13.4. The molecule has 0 unspecified atom stereocenters. The van der Waals surface area contributed by atoms with E-state index in [0.717, 1.165) is 24.8 Å². The zero-order valence-corrected chi connectivity index (χ0v) is 15.6. The Labute approximate surface area is 166 Å². The first-order valence-corrected chi connectivity index (χ1v) is 9.03. The third-order valence-corrected chi connectivity index (χ3v) is 4.76. The zero-order chi connectivity index (χ0) is 22.2. The Morgan fingerprint density at radius 3 is 2.93 bits per heavy atom. The maximum Gasteiger partial charge on any atom is 0.256 e. The van der Waals surface area contributed by atoms with E-state index in [1.165, 1.54) is 16.9 Å². The Morgan fingerprint density at radius 2 is 2.21 bits per heavy atom. The quantitative estimate of drug-likeness (QED) is 0.600. The third-order valence-electron chi connectivity index (χ3n) is 4.76. The van der Waals surface area contributed by atoms with Crippen molar-refractivity contribution in [3.05, 3.63) is 35.7 Å². The Kier molecular flexibility index (Phi) is 3.84. The predicted molar refractivity (Wildman–Crippen MR) is 106 cm³/mol. The SMILES string of the molecule is [2H]C([2H])([2H])Oc1ncc(C)cc1Nc1cc(NC)n2ncc(C(=O)NC3CCC3)c2n1. The number of nitrogens with zero attached hydrogens (tertiary/aromatic N) is 4. The van der Waals surface area contributed by atoms with E-state index in [4.69, 9.17) is 8.85 Å². The average Bonchev–Trinajstić information content (AvgIpc) is 3.09. The summed E-state index contributed by atoms with van der Waals surface area (Å²) in [5.41, 5.74) is 1.87. The van der Waals surface area contributed by atoms with E-state index in [-0.39, 0.29) is 17.8 Å². The number of pyridine rings is 1. The Balaban J connectivity index is 1.70. The second kappa shape index (κ2) is 7.34. The lowest BCUT2D eigenvalue weighted by Crippen LogP contribution is -2.39. The van der Waals surface area contributed by atoms with Gasteiger partial charge in [0, 0.05) is 25.4 Å². The van der Waals surface area contributed by atoms with Crippen LogP contribution < -0.4 is 20.7 Å². The molecule has 0 bridgehead atoms. The average molecular weight is 384 g/mol. The van der Waals surface area contributed by atoms with Crippen molar-refractivity contribution in [3.63, 3.8) is 0 Å². The number of anilines is 3. The van der Waals surface area contributed by atoms with Gasteiger partial charge in [-0.05, 0) is 37.8 Å². The number of rotatable bonds is 6. The van der Waals surface area contributed by atoms with E-state index in [9.17, 15) is 4.79 Å². The first-order valence-electron chi connectivity index (χ1n) is 10.5. The highest BCUT2D eigenvalue weighted by Crippen LogP contribution is 2.28. The largest absolute Gasteiger partial charge is 0.480 e. The number of methoxy groups -OCH3 is 1. The van der Waals surface area contributed by atoms with Gasteiger partial charge in [0.05, 0.1) is 17.3 Å². The van der Waals surface area contributed by atoms with Crippen LogP contribution in [0, 0.1) is 6.92 Å². The van der Waals surface area contributed by atoms with Crippen molar-refractivity contribution in [1.29, 1.82) is 0 Å². The summed E-state index contributed by atoms with van der Waals surface area (Å²) in [6.07, 6.45) is 6.06. The van der Waals surface area contributed by atoms with Crippen LogP contribution in [0.2, 0.25) is 0 Å². The molecule has 9 nitrogen and oxygen atoms in total. The van der Waals surface area contributed by atoms with Crippen molar-refractivity contribution >= 4 is 28.9 Å². The molecule has 3 N–H and O–H groups in total. The van der Waals surface area contributed by atoms with Crippen LogP contribution in [0.1, 0.15) is 39.3 Å². The van der Waals surface area contributed by atoms with Gasteiger partial charge < -0.3 is 20.7 Å². The van der Waals surface area contributed by atoms with E-state index >= 15 is 0 Å². The number of aryl methyl sites for hydroxylation is 1. The molecule has 9 heteroatoms. The minimum absolute atomic E-state index is 0.0743. The van der Waals surface area contributed by atoms with Crippen LogP contribution in [0.4, 0.5) is 17.3 Å². The van der Waals surface area contributed by atoms with E-state index in [1.54, 1.807) is 19.2 Å². The summed E-state index contributed by atoms with van der Waals surface area (Å²) in [5.74, 6) is 0.664. The van der Waals surface area contributed by atoms with Gasteiger partial charge in [-0.2, -0.15) is 9.61 Å². The van der Waals surface area contributed by atoms with E-state index in [0.29, 0.717) is 28.5 Å². The maximum absolute atomic E-state index is 12.7. The molecule has 1 amide bonds. The summed E-state index contributed by atoms with van der Waals surface area (Å²) < 4.78 is 28.6. The summed E-state index contributed by atoms with van der Waals surface area (Å²) in [7, 11) is -0.920. The molecule has 0 saturated heterocycles. The highest BCUT2D eigenvalue weighted by atomic mass is 16.5. The molecule has 0 atom stereocenters. The number of carbonyl (C=O) groups excluding carboxylic acids is 1. The van der Waals surface area contributed by atoms with Gasteiger partial charge in [-0.3, -0.25) is 4.79 Å². The predicted octanol–water partition coefficient (Wildman–Crippen LogP) is 2.51. The number of aromatic nitrogens is 4. The van der Waals surface area contributed by atoms with Gasteiger partial charge >= 0.3 is 0 Å². The molecule has 1 fully saturated rings. The van der Waals surface area contributed by atoms with Crippen molar-refractivity contribution in [2.45, 2.75) is 32.2 Å². The Morgan fingerprint density at radius 1 is 1.36 bits per heavy atom. The van der Waals surface area contributed by atoms with Crippen LogP contribution >= 0.6 is 0 Å². The lowest BCUT2D eigenvalue weighted by molar-refractivity contribution is 0.0918. The van der Waals surface area contributed by atoms with Crippen LogP contribution in [0.5, 0.6) is 5.88 Å². The monoisotopic (exact) mass is 384 g/mol. The van der Waals surface area contributed by atoms with Gasteiger partial charge in [0.15, 0.2) is 5.65 Å². The smallest absolute Gasteiger partial charge is 0.256 e. The van der Waals surface area contributed by atoms with E-state index < -0.39 is 7.04 Å². The van der Waals surface area contributed by atoms with Gasteiger partial charge in [-0.15, -0.1) is 0 Å². The van der Waals surface area contributed by atoms with Crippen LogP contribution in [0.15, 0.2) is 24.5 Å². The molecular weight excluding hydrogens is 358 g/mol. The molecule has 3 aromatic heterocycles. The minimum atomic E-state index is -2.65. The van der Waals surface area contributed by atoms with E-state index in [1.807, 2.05) is 6.92 Å². The third kappa shape index (κ3) is 3.30. The van der Waals surface area contributed by atoms with Gasteiger partial charge in [0.25, 0.3) is 5.91 Å². The number of nitrogens with one attached hydrogen (secondary N) is 3. The molecule has 146 valence electrons. The van der Waals surface area contributed by atoms with Crippen molar-refractivity contribution in [2.24, 2.45) is 0 Å². The van der Waals surface area contributed by atoms with Crippen molar-refractivity contribution < 1.29 is 13.6 Å². The van der Waals surface area contributed by atoms with Crippen LogP contribution in [-0.2, 0) is 0 Å². The molecule has 0 radical (unpaired) electrons. The van der Waals surface area contributed by atoms with Crippen LogP contribution in [0.25, 0.3) is 5.65 Å². The van der Waals surface area contributed by atoms with Gasteiger partial charge in [0.1, 0.15) is 22.9 Å². The summed E-state index contributed by atoms with van der Waals surface area (Å²) in [6, 6.07) is 3.58. The molecular formula is C19H23N7O2. The summed E-state index contributed by atoms with van der Waals surface area (Å²) in [6.45, 7) is 1.83. The van der Waals surface area contributed by atoms with Crippen LogP contribution in [-0.4, -0.2) is 45.6 Å². The number of amides is 1. The standard InChI is InChI=1S/C19H23N7O2/c1-11-7-14(19(28-3)21-9-11)24-15-8-16(20-2)26-17(25-15)13(10-22-26)18(27)23-12-5-4-6-12/h7-10,12,20H,4-6H2,1-3H3,(H,23,27)(H,24,25)/i3D3. The number of carbonyl (C=O) groups is 1. The van der Waals surface area contributed by atoms with E-state index in [2.05, 4.69) is 31.0 Å². The molecule has 28 heavy (non-hydrogen) atoms. The molecule has 4 rings (SSSR count). The lowest BCUT2D eigenvalue weighted by Gasteiger charge is -2.26. The second-order valence-electron chi connectivity index (χ2n) is 6.76. The first-order chi connectivity index (χ1) is 14.7. The molecule has 1 aliphatic carbocycles. The highest BCUT2D eigenvalue weighted by molar-refractivity contribution is 6.00. The highest BCUT2D eigenvalue weighted by Gasteiger charge is 2.23. The molecule has 0 spiro atoms. The van der Waals surface area contributed by atoms with Crippen molar-refractivity contribution in [1.82, 2.24) is 24.9 Å². The fourth-order valence-electron chi connectivity index (χ4n) is 3.05. The number of fused-ring (bicyclic) bond motifs is 1. The normalized spacial score (nSPS) is 15.9. The molecule has 0 aromatic carbocycles. The van der Waals surface area contributed by atoms with Gasteiger partial charge in [-0.25, -0.2) is 9.97 Å². The number of hydrogen-bond donors (Lipinski definition) is 3. The maximum atomic E-state index is 12.7. The summed E-state index contributed by atoms with van der Waals surface area (Å²) >= 11 is 0. The Hall–Kier alpha value is -3.36. The minimum Gasteiger partial charge on any atom is -0.480 e. The fraction of sp³-hybridized carbons (Fsp3) is 0.368. The van der Waals surface area contributed by atoms with Gasteiger partial charge in [0.2, 0.25) is 5.88 Å². The first kappa shape index (κ1) is 14.7. The summed E-state index contributed by atoms with van der Waals surface area (Å²) in [4.78, 5) is 21.3. The fourth-order valence-corrected chi connectivity index (χ4v) is 3.05. The molecule has 1 saturated carbocycles. The number of hydrogen-bond acceptors (Lipinski definition) is 7. The number of ether oxygens (including phenoxy) is 1. The van der Waals surface area contributed by atoms with Crippen LogP contribution in [0.3, 0.4) is 0 Å². The lowest BCUT2D eigenvalue weighted by atomic mass is 9.93. The molecule has 0 aliphatic heterocycles. The Bertz CT molecular complexity index is 1130.